The molecule has 3 nitrogen and oxygen atoms in total. The molecular formula is C20H19N3S. The molecule has 4 rings (SSSR count). The predicted octanol–water partition coefficient (Wildman–Crippen LogP) is 5.19. The molecule has 0 amide bonds. The largest absolute Gasteiger partial charge is 0.358 e. The second-order valence-corrected chi connectivity index (χ2v) is 8.06. The third kappa shape index (κ3) is 2.46. The first kappa shape index (κ1) is 15.2. The number of nitrogens with one attached hydrogen (secondary N) is 1. The SMILES string of the molecule is CC1(C)CCc2c([nH]c(-c3ccccc3C#N)c2-c2nccs2)C1. The van der Waals surface area contributed by atoms with Gasteiger partial charge >= 0.3 is 0 Å². The highest BCUT2D eigenvalue weighted by Crippen LogP contribution is 2.44. The molecule has 1 N–H and O–H groups in total. The van der Waals surface area contributed by atoms with Crippen LogP contribution in [0.2, 0.25) is 0 Å². The zero-order valence-corrected chi connectivity index (χ0v) is 14.7. The third-order valence-electron chi connectivity index (χ3n) is 4.86. The molecule has 1 aliphatic carbocycles. The molecule has 2 heterocycles. The van der Waals surface area contributed by atoms with Gasteiger partial charge in [0.25, 0.3) is 0 Å². The Bertz CT molecular complexity index is 926. The summed E-state index contributed by atoms with van der Waals surface area (Å²) in [5.41, 5.74) is 6.91. The topological polar surface area (TPSA) is 52.5 Å². The van der Waals surface area contributed by atoms with Crippen LogP contribution in [-0.2, 0) is 12.8 Å². The summed E-state index contributed by atoms with van der Waals surface area (Å²) in [5.74, 6) is 0. The number of H-pyrrole nitrogens is 1. The second kappa shape index (κ2) is 5.61. The molecule has 0 atom stereocenters. The normalized spacial score (nSPS) is 15.7. The molecule has 0 saturated carbocycles. The summed E-state index contributed by atoms with van der Waals surface area (Å²) in [6.07, 6.45) is 5.12. The lowest BCUT2D eigenvalue weighted by molar-refractivity contribution is 0.312. The van der Waals surface area contributed by atoms with Crippen LogP contribution < -0.4 is 0 Å². The fraction of sp³-hybridized carbons (Fsp3) is 0.300. The van der Waals surface area contributed by atoms with Gasteiger partial charge in [-0.05, 0) is 36.3 Å². The number of rotatable bonds is 2. The van der Waals surface area contributed by atoms with E-state index in [0.29, 0.717) is 11.0 Å². The Morgan fingerprint density at radius 1 is 1.29 bits per heavy atom. The zero-order valence-electron chi connectivity index (χ0n) is 13.9. The van der Waals surface area contributed by atoms with Crippen LogP contribution in [0.15, 0.2) is 35.8 Å². The lowest BCUT2D eigenvalue weighted by Crippen LogP contribution is -2.21. The van der Waals surface area contributed by atoms with Gasteiger partial charge in [0.2, 0.25) is 0 Å². The molecule has 0 aliphatic heterocycles. The molecule has 1 aliphatic rings. The van der Waals surface area contributed by atoms with Gasteiger partial charge in [0.15, 0.2) is 0 Å². The van der Waals surface area contributed by atoms with Crippen molar-refractivity contribution >= 4 is 11.3 Å². The molecule has 0 unspecified atom stereocenters. The molecular weight excluding hydrogens is 314 g/mol. The molecule has 4 heteroatoms. The average molecular weight is 333 g/mol. The van der Waals surface area contributed by atoms with Crippen molar-refractivity contribution in [2.45, 2.75) is 33.1 Å². The van der Waals surface area contributed by atoms with Crippen molar-refractivity contribution in [1.82, 2.24) is 9.97 Å². The Morgan fingerprint density at radius 3 is 2.88 bits per heavy atom. The number of nitriles is 1. The van der Waals surface area contributed by atoms with Crippen LogP contribution in [0, 0.1) is 16.7 Å². The summed E-state index contributed by atoms with van der Waals surface area (Å²) in [4.78, 5) is 8.21. The lowest BCUT2D eigenvalue weighted by atomic mass is 9.76. The Kier molecular flexibility index (Phi) is 3.54. The zero-order chi connectivity index (χ0) is 16.7. The number of thiazole rings is 1. The van der Waals surface area contributed by atoms with E-state index in [0.717, 1.165) is 29.1 Å². The van der Waals surface area contributed by atoms with Crippen molar-refractivity contribution in [3.63, 3.8) is 0 Å². The molecule has 2 aromatic heterocycles. The molecule has 0 bridgehead atoms. The summed E-state index contributed by atoms with van der Waals surface area (Å²) in [7, 11) is 0. The summed E-state index contributed by atoms with van der Waals surface area (Å²) in [6.45, 7) is 4.64. The van der Waals surface area contributed by atoms with E-state index in [1.165, 1.54) is 23.2 Å². The van der Waals surface area contributed by atoms with E-state index in [4.69, 9.17) is 0 Å². The highest BCUT2D eigenvalue weighted by Gasteiger charge is 2.31. The van der Waals surface area contributed by atoms with Gasteiger partial charge < -0.3 is 4.98 Å². The Hall–Kier alpha value is -2.38. The highest BCUT2D eigenvalue weighted by atomic mass is 32.1. The molecule has 3 aromatic rings. The fourth-order valence-electron chi connectivity index (χ4n) is 3.63. The molecule has 24 heavy (non-hydrogen) atoms. The Morgan fingerprint density at radius 2 is 2.12 bits per heavy atom. The first-order chi connectivity index (χ1) is 11.6. The summed E-state index contributed by atoms with van der Waals surface area (Å²) >= 11 is 1.66. The maximum Gasteiger partial charge on any atom is 0.125 e. The van der Waals surface area contributed by atoms with E-state index < -0.39 is 0 Å². The fourth-order valence-corrected chi connectivity index (χ4v) is 4.35. The smallest absolute Gasteiger partial charge is 0.125 e. The van der Waals surface area contributed by atoms with E-state index in [1.807, 2.05) is 35.8 Å². The van der Waals surface area contributed by atoms with Crippen LogP contribution in [0.3, 0.4) is 0 Å². The molecule has 0 spiro atoms. The van der Waals surface area contributed by atoms with Gasteiger partial charge in [-0.1, -0.05) is 32.0 Å². The predicted molar refractivity (Wildman–Crippen MR) is 97.9 cm³/mol. The van der Waals surface area contributed by atoms with Crippen LogP contribution in [0.1, 0.15) is 37.1 Å². The number of hydrogen-bond acceptors (Lipinski definition) is 3. The van der Waals surface area contributed by atoms with Gasteiger partial charge in [-0.2, -0.15) is 5.26 Å². The van der Waals surface area contributed by atoms with Crippen LogP contribution in [0.25, 0.3) is 21.8 Å². The number of nitrogens with zero attached hydrogens (tertiary/aromatic N) is 2. The minimum Gasteiger partial charge on any atom is -0.358 e. The molecule has 1 aromatic carbocycles. The van der Waals surface area contributed by atoms with Gasteiger partial charge in [0.05, 0.1) is 17.3 Å². The minimum atomic E-state index is 0.310. The second-order valence-electron chi connectivity index (χ2n) is 7.17. The van der Waals surface area contributed by atoms with E-state index >= 15 is 0 Å². The van der Waals surface area contributed by atoms with Crippen molar-refractivity contribution in [3.05, 3.63) is 52.7 Å². The monoisotopic (exact) mass is 333 g/mol. The molecule has 0 saturated heterocycles. The number of aromatic nitrogens is 2. The van der Waals surface area contributed by atoms with E-state index in [1.54, 1.807) is 11.3 Å². The van der Waals surface area contributed by atoms with Crippen molar-refractivity contribution in [3.8, 4) is 27.9 Å². The molecule has 0 radical (unpaired) electrons. The quantitative estimate of drug-likeness (QED) is 0.701. The summed E-state index contributed by atoms with van der Waals surface area (Å²) in [6, 6.07) is 10.1. The third-order valence-corrected chi connectivity index (χ3v) is 5.65. The molecule has 0 fully saturated rings. The minimum absolute atomic E-state index is 0.310. The maximum atomic E-state index is 9.51. The standard InChI is InChI=1S/C20H19N3S/c1-20(2)8-7-15-16(11-20)23-18(17(15)19-22-9-10-24-19)14-6-4-3-5-13(14)12-21/h3-6,9-10,23H,7-8,11H2,1-2H3. The van der Waals surface area contributed by atoms with Gasteiger partial charge in [-0.3, -0.25) is 0 Å². The van der Waals surface area contributed by atoms with Crippen molar-refractivity contribution < 1.29 is 0 Å². The first-order valence-electron chi connectivity index (χ1n) is 8.22. The Labute approximate surface area is 146 Å². The highest BCUT2D eigenvalue weighted by molar-refractivity contribution is 7.13. The van der Waals surface area contributed by atoms with E-state index in [-0.39, 0.29) is 0 Å². The van der Waals surface area contributed by atoms with E-state index in [9.17, 15) is 5.26 Å². The number of fused-ring (bicyclic) bond motifs is 1. The van der Waals surface area contributed by atoms with Gasteiger partial charge in [0.1, 0.15) is 5.01 Å². The first-order valence-corrected chi connectivity index (χ1v) is 9.10. The van der Waals surface area contributed by atoms with Crippen LogP contribution in [0.4, 0.5) is 0 Å². The van der Waals surface area contributed by atoms with Gasteiger partial charge in [-0.15, -0.1) is 11.3 Å². The Balaban J connectivity index is 1.98. The average Bonchev–Trinajstić information content (AvgIpc) is 3.20. The maximum absolute atomic E-state index is 9.51. The van der Waals surface area contributed by atoms with Crippen LogP contribution in [0.5, 0.6) is 0 Å². The van der Waals surface area contributed by atoms with Crippen molar-refractivity contribution in [1.29, 1.82) is 5.26 Å². The van der Waals surface area contributed by atoms with Crippen LogP contribution in [-0.4, -0.2) is 9.97 Å². The number of aromatic amines is 1. The number of benzene rings is 1. The van der Waals surface area contributed by atoms with Gasteiger partial charge in [-0.25, -0.2) is 4.98 Å². The van der Waals surface area contributed by atoms with Gasteiger partial charge in [0, 0.05) is 28.4 Å². The van der Waals surface area contributed by atoms with Crippen molar-refractivity contribution in [2.75, 3.05) is 0 Å². The summed E-state index contributed by atoms with van der Waals surface area (Å²) < 4.78 is 0. The van der Waals surface area contributed by atoms with E-state index in [2.05, 4.69) is 29.9 Å². The van der Waals surface area contributed by atoms with Crippen LogP contribution >= 0.6 is 11.3 Å². The van der Waals surface area contributed by atoms with Crippen molar-refractivity contribution in [2.24, 2.45) is 5.41 Å². The lowest BCUT2D eigenvalue weighted by Gasteiger charge is -2.29. The summed E-state index contributed by atoms with van der Waals surface area (Å²) in [5, 5.41) is 12.6. The number of hydrogen-bond donors (Lipinski definition) is 1. The molecule has 120 valence electrons.